The highest BCUT2D eigenvalue weighted by atomic mass is 16.5. The van der Waals surface area contributed by atoms with Crippen LogP contribution >= 0.6 is 0 Å². The first kappa shape index (κ1) is 20.1. The highest BCUT2D eigenvalue weighted by Gasteiger charge is 2.28. The zero-order valence-corrected chi connectivity index (χ0v) is 16.3. The van der Waals surface area contributed by atoms with Gasteiger partial charge in [0.1, 0.15) is 11.5 Å². The summed E-state index contributed by atoms with van der Waals surface area (Å²) in [6, 6.07) is 7.94. The monoisotopic (exact) mass is 400 g/mol. The molecular formula is C21H20O8. The van der Waals surface area contributed by atoms with Crippen LogP contribution in [0.25, 0.3) is 6.08 Å². The Morgan fingerprint density at radius 1 is 1.07 bits per heavy atom. The molecule has 0 amide bonds. The summed E-state index contributed by atoms with van der Waals surface area (Å²) in [6.45, 7) is 1.41. The van der Waals surface area contributed by atoms with Gasteiger partial charge in [-0.25, -0.2) is 4.79 Å². The number of carboxylic acid groups (broad SMARTS) is 1. The van der Waals surface area contributed by atoms with E-state index < -0.39 is 12.1 Å². The van der Waals surface area contributed by atoms with Gasteiger partial charge in [0, 0.05) is 6.07 Å². The Labute approximate surface area is 167 Å². The van der Waals surface area contributed by atoms with Gasteiger partial charge in [-0.15, -0.1) is 0 Å². The van der Waals surface area contributed by atoms with E-state index in [9.17, 15) is 9.59 Å². The maximum Gasteiger partial charge on any atom is 0.344 e. The molecule has 1 atom stereocenters. The number of allylic oxidation sites excluding steroid dienone is 1. The van der Waals surface area contributed by atoms with E-state index in [0.29, 0.717) is 39.9 Å². The Balaban J connectivity index is 1.91. The second-order valence-electron chi connectivity index (χ2n) is 6.15. The van der Waals surface area contributed by atoms with Gasteiger partial charge >= 0.3 is 5.97 Å². The number of aliphatic carboxylic acids is 1. The number of methoxy groups -OCH3 is 3. The molecule has 0 saturated carbocycles. The summed E-state index contributed by atoms with van der Waals surface area (Å²) in [5.74, 6) is 0.632. The molecular weight excluding hydrogens is 380 g/mol. The maximum absolute atomic E-state index is 12.7. The molecule has 0 aliphatic carbocycles. The van der Waals surface area contributed by atoms with Crippen LogP contribution in [0.5, 0.6) is 28.7 Å². The Morgan fingerprint density at radius 2 is 1.72 bits per heavy atom. The summed E-state index contributed by atoms with van der Waals surface area (Å²) >= 11 is 0. The van der Waals surface area contributed by atoms with Crippen molar-refractivity contribution in [2.45, 2.75) is 13.0 Å². The molecule has 2 aromatic carbocycles. The van der Waals surface area contributed by atoms with Crippen LogP contribution in [0.2, 0.25) is 0 Å². The number of fused-ring (bicyclic) bond motifs is 1. The maximum atomic E-state index is 12.7. The van der Waals surface area contributed by atoms with Crippen molar-refractivity contribution in [3.63, 3.8) is 0 Å². The van der Waals surface area contributed by atoms with Gasteiger partial charge in [-0.2, -0.15) is 0 Å². The molecule has 8 heteroatoms. The third-order valence-corrected chi connectivity index (χ3v) is 4.29. The molecule has 1 aliphatic heterocycles. The highest BCUT2D eigenvalue weighted by molar-refractivity contribution is 6.14. The molecule has 0 radical (unpaired) electrons. The van der Waals surface area contributed by atoms with Crippen LogP contribution in [0.15, 0.2) is 36.1 Å². The lowest BCUT2D eigenvalue weighted by Crippen LogP contribution is -2.22. The number of ether oxygens (including phenoxy) is 5. The van der Waals surface area contributed by atoms with Crippen LogP contribution in [0, 0.1) is 0 Å². The van der Waals surface area contributed by atoms with E-state index in [4.69, 9.17) is 28.8 Å². The molecule has 8 nitrogen and oxygen atoms in total. The van der Waals surface area contributed by atoms with E-state index >= 15 is 0 Å². The number of rotatable bonds is 7. The molecule has 152 valence electrons. The van der Waals surface area contributed by atoms with Gasteiger partial charge in [0.05, 0.1) is 26.9 Å². The van der Waals surface area contributed by atoms with Gasteiger partial charge in [0.15, 0.2) is 23.4 Å². The van der Waals surface area contributed by atoms with E-state index in [1.54, 1.807) is 18.2 Å². The number of ketones is 1. The van der Waals surface area contributed by atoms with Crippen LogP contribution in [0.3, 0.4) is 0 Å². The van der Waals surface area contributed by atoms with Crippen molar-refractivity contribution in [2.24, 2.45) is 0 Å². The average Bonchev–Trinajstić information content (AvgIpc) is 3.01. The van der Waals surface area contributed by atoms with Crippen LogP contribution in [-0.4, -0.2) is 44.3 Å². The standard InChI is InChI=1S/C21H20O8/c1-11(21(23)24)28-13-5-6-14-15(10-13)29-16(19(14)22)7-12-8-17(25-2)20(27-4)18(9-12)26-3/h5-11H,1-4H3,(H,23,24). The van der Waals surface area contributed by atoms with Crippen LogP contribution in [0.4, 0.5) is 0 Å². The van der Waals surface area contributed by atoms with Crippen LogP contribution in [0.1, 0.15) is 22.8 Å². The largest absolute Gasteiger partial charge is 0.493 e. The topological polar surface area (TPSA) is 101 Å². The first-order valence-corrected chi connectivity index (χ1v) is 8.65. The van der Waals surface area contributed by atoms with Crippen molar-refractivity contribution in [3.8, 4) is 28.7 Å². The SMILES string of the molecule is COc1cc(C=C2Oc3cc(OC(C)C(=O)O)ccc3C2=O)cc(OC)c1OC. The second kappa shape index (κ2) is 8.14. The summed E-state index contributed by atoms with van der Waals surface area (Å²) in [7, 11) is 4.51. The van der Waals surface area contributed by atoms with Crippen LogP contribution in [-0.2, 0) is 4.79 Å². The first-order valence-electron chi connectivity index (χ1n) is 8.65. The quantitative estimate of drug-likeness (QED) is 0.708. The number of Topliss-reactive ketones (excluding diaryl/α,β-unsaturated/α-hetero) is 1. The number of carbonyl (C=O) groups is 2. The highest BCUT2D eigenvalue weighted by Crippen LogP contribution is 2.40. The van der Waals surface area contributed by atoms with Crippen molar-refractivity contribution < 1.29 is 38.4 Å². The summed E-state index contributed by atoms with van der Waals surface area (Å²) in [5.41, 5.74) is 0.977. The minimum atomic E-state index is -1.09. The van der Waals surface area contributed by atoms with Crippen LogP contribution < -0.4 is 23.7 Å². The molecule has 1 heterocycles. The molecule has 0 saturated heterocycles. The van der Waals surface area contributed by atoms with E-state index in [1.165, 1.54) is 46.5 Å². The lowest BCUT2D eigenvalue weighted by molar-refractivity contribution is -0.144. The smallest absolute Gasteiger partial charge is 0.344 e. The number of carboxylic acids is 1. The molecule has 1 unspecified atom stereocenters. The number of hydrogen-bond acceptors (Lipinski definition) is 7. The Kier molecular flexibility index (Phi) is 5.63. The second-order valence-corrected chi connectivity index (χ2v) is 6.15. The number of benzene rings is 2. The van der Waals surface area contributed by atoms with Gasteiger partial charge in [-0.1, -0.05) is 0 Å². The molecule has 1 N–H and O–H groups in total. The molecule has 1 aliphatic rings. The molecule has 0 fully saturated rings. The summed E-state index contributed by atoms with van der Waals surface area (Å²) < 4.78 is 26.9. The van der Waals surface area contributed by atoms with Gasteiger partial charge < -0.3 is 28.8 Å². The lowest BCUT2D eigenvalue weighted by atomic mass is 10.1. The summed E-state index contributed by atoms with van der Waals surface area (Å²) in [4.78, 5) is 23.6. The number of hydrogen-bond donors (Lipinski definition) is 1. The normalized spacial score (nSPS) is 14.8. The molecule has 3 rings (SSSR count). The van der Waals surface area contributed by atoms with Gasteiger partial charge in [-0.3, -0.25) is 4.79 Å². The first-order chi connectivity index (χ1) is 13.9. The van der Waals surface area contributed by atoms with Gasteiger partial charge in [0.2, 0.25) is 11.5 Å². The molecule has 29 heavy (non-hydrogen) atoms. The Bertz CT molecular complexity index is 967. The van der Waals surface area contributed by atoms with Crippen molar-refractivity contribution in [1.82, 2.24) is 0 Å². The molecule has 0 bridgehead atoms. The van der Waals surface area contributed by atoms with Crippen molar-refractivity contribution in [2.75, 3.05) is 21.3 Å². The third-order valence-electron chi connectivity index (χ3n) is 4.29. The van der Waals surface area contributed by atoms with Gasteiger partial charge in [-0.05, 0) is 42.8 Å². The van der Waals surface area contributed by atoms with Crippen molar-refractivity contribution in [1.29, 1.82) is 0 Å². The molecule has 2 aromatic rings. The van der Waals surface area contributed by atoms with E-state index in [0.717, 1.165) is 0 Å². The van der Waals surface area contributed by atoms with E-state index in [2.05, 4.69) is 0 Å². The number of carbonyl (C=O) groups excluding carboxylic acids is 1. The summed E-state index contributed by atoms with van der Waals surface area (Å²) in [5, 5.41) is 8.96. The Morgan fingerprint density at radius 3 is 2.28 bits per heavy atom. The Hall–Kier alpha value is -3.68. The van der Waals surface area contributed by atoms with Crippen molar-refractivity contribution >= 4 is 17.8 Å². The molecule has 0 aromatic heterocycles. The lowest BCUT2D eigenvalue weighted by Gasteiger charge is -2.13. The predicted octanol–water partition coefficient (Wildman–Crippen LogP) is 3.18. The van der Waals surface area contributed by atoms with Crippen molar-refractivity contribution in [3.05, 3.63) is 47.2 Å². The van der Waals surface area contributed by atoms with Gasteiger partial charge in [0.25, 0.3) is 0 Å². The zero-order valence-electron chi connectivity index (χ0n) is 16.3. The fourth-order valence-corrected chi connectivity index (χ4v) is 2.83. The third kappa shape index (κ3) is 3.96. The fourth-order valence-electron chi connectivity index (χ4n) is 2.83. The zero-order chi connectivity index (χ0) is 21.1. The summed E-state index contributed by atoms with van der Waals surface area (Å²) in [6.07, 6.45) is 0.534. The van der Waals surface area contributed by atoms with E-state index in [-0.39, 0.29) is 11.5 Å². The molecule has 0 spiro atoms. The average molecular weight is 400 g/mol. The minimum Gasteiger partial charge on any atom is -0.493 e. The minimum absolute atomic E-state index is 0.109. The predicted molar refractivity (Wildman–Crippen MR) is 103 cm³/mol. The fraction of sp³-hybridized carbons (Fsp3) is 0.238. The van der Waals surface area contributed by atoms with E-state index in [1.807, 2.05) is 0 Å².